The molecule has 0 bridgehead atoms. The largest absolute Gasteiger partial charge is 0.442 e. The van der Waals surface area contributed by atoms with E-state index in [1.165, 1.54) is 0 Å². The smallest absolute Gasteiger partial charge is 0.291 e. The summed E-state index contributed by atoms with van der Waals surface area (Å²) >= 11 is 0. The molecule has 0 fully saturated rings. The Kier molecular flexibility index (Phi) is 2.12. The number of alkyl halides is 3. The summed E-state index contributed by atoms with van der Waals surface area (Å²) in [7, 11) is 0. The summed E-state index contributed by atoms with van der Waals surface area (Å²) in [6.07, 6.45) is -4.79. The second kappa shape index (κ2) is 3.14. The minimum absolute atomic E-state index is 0.0719. The minimum atomic E-state index is -4.79. The highest BCUT2D eigenvalue weighted by Crippen LogP contribution is 2.53. The third-order valence-electron chi connectivity index (χ3n) is 2.17. The average molecular weight is 235 g/mol. The Labute approximate surface area is 86.6 Å². The summed E-state index contributed by atoms with van der Waals surface area (Å²) < 4.78 is 50.9. The van der Waals surface area contributed by atoms with Gasteiger partial charge in [-0.15, -0.1) is 10.2 Å². The van der Waals surface area contributed by atoms with Crippen LogP contribution in [0.15, 0.2) is 28.4 Å². The standard InChI is InChI=1S/C8H5F4N3O/c9-6-2-1-4(13-16)3-5(6)7(14-15-7)8(10,11)12/h1-3,13,16H. The molecule has 0 saturated heterocycles. The van der Waals surface area contributed by atoms with Crippen molar-refractivity contribution in [1.29, 1.82) is 0 Å². The highest BCUT2D eigenvalue weighted by atomic mass is 19.4. The van der Waals surface area contributed by atoms with E-state index in [-0.39, 0.29) is 5.69 Å². The Morgan fingerprint density at radius 1 is 1.25 bits per heavy atom. The van der Waals surface area contributed by atoms with Crippen LogP contribution in [-0.2, 0) is 5.66 Å². The van der Waals surface area contributed by atoms with Crippen LogP contribution in [-0.4, -0.2) is 11.4 Å². The summed E-state index contributed by atoms with van der Waals surface area (Å²) in [5, 5.41) is 14.3. The van der Waals surface area contributed by atoms with Gasteiger partial charge in [-0.05, 0) is 18.2 Å². The zero-order valence-corrected chi connectivity index (χ0v) is 7.59. The summed E-state index contributed by atoms with van der Waals surface area (Å²) in [5.41, 5.74) is -2.00. The molecular formula is C8H5F4N3O. The molecule has 1 aliphatic rings. The molecule has 16 heavy (non-hydrogen) atoms. The molecule has 0 spiro atoms. The monoisotopic (exact) mass is 235 g/mol. The van der Waals surface area contributed by atoms with Crippen LogP contribution in [0.3, 0.4) is 0 Å². The van der Waals surface area contributed by atoms with E-state index in [4.69, 9.17) is 5.21 Å². The highest BCUT2D eigenvalue weighted by Gasteiger charge is 2.66. The summed E-state index contributed by atoms with van der Waals surface area (Å²) in [6.45, 7) is 0. The van der Waals surface area contributed by atoms with Crippen LogP contribution in [0.4, 0.5) is 23.2 Å². The number of rotatable bonds is 2. The lowest BCUT2D eigenvalue weighted by Crippen LogP contribution is -2.31. The van der Waals surface area contributed by atoms with Gasteiger partial charge in [0.1, 0.15) is 5.82 Å². The maximum absolute atomic E-state index is 13.2. The zero-order chi connectivity index (χ0) is 12.0. The molecule has 1 heterocycles. The molecule has 0 radical (unpaired) electrons. The van der Waals surface area contributed by atoms with Crippen LogP contribution in [0.2, 0.25) is 0 Å². The first kappa shape index (κ1) is 10.8. The Balaban J connectivity index is 2.48. The van der Waals surface area contributed by atoms with Crippen molar-refractivity contribution >= 4 is 5.69 Å². The normalized spacial score (nSPS) is 17.3. The van der Waals surface area contributed by atoms with Crippen LogP contribution in [0.5, 0.6) is 0 Å². The van der Waals surface area contributed by atoms with E-state index >= 15 is 0 Å². The maximum Gasteiger partial charge on any atom is 0.442 e. The van der Waals surface area contributed by atoms with Crippen LogP contribution in [0.1, 0.15) is 5.56 Å². The van der Waals surface area contributed by atoms with Crippen molar-refractivity contribution in [2.45, 2.75) is 11.8 Å². The molecule has 1 aromatic rings. The van der Waals surface area contributed by atoms with Crippen molar-refractivity contribution in [2.75, 3.05) is 5.48 Å². The Hall–Kier alpha value is -1.70. The topological polar surface area (TPSA) is 57.0 Å². The average Bonchev–Trinajstić information content (AvgIpc) is 2.98. The Bertz CT molecular complexity index is 451. The molecule has 2 N–H and O–H groups in total. The van der Waals surface area contributed by atoms with Crippen molar-refractivity contribution in [3.63, 3.8) is 0 Å². The number of halogens is 4. The lowest BCUT2D eigenvalue weighted by molar-refractivity contribution is -0.166. The van der Waals surface area contributed by atoms with Crippen LogP contribution in [0.25, 0.3) is 0 Å². The van der Waals surface area contributed by atoms with E-state index in [0.717, 1.165) is 18.2 Å². The van der Waals surface area contributed by atoms with Gasteiger partial charge in [-0.25, -0.2) is 4.39 Å². The van der Waals surface area contributed by atoms with Crippen molar-refractivity contribution in [2.24, 2.45) is 10.2 Å². The summed E-state index contributed by atoms with van der Waals surface area (Å²) in [5.74, 6) is -1.08. The number of hydrogen-bond acceptors (Lipinski definition) is 4. The highest BCUT2D eigenvalue weighted by molar-refractivity contribution is 5.47. The van der Waals surface area contributed by atoms with Gasteiger partial charge in [0.05, 0.1) is 11.3 Å². The van der Waals surface area contributed by atoms with Crippen LogP contribution in [0, 0.1) is 5.82 Å². The molecule has 0 unspecified atom stereocenters. The second-order valence-corrected chi connectivity index (χ2v) is 3.18. The van der Waals surface area contributed by atoms with Crippen molar-refractivity contribution < 1.29 is 22.8 Å². The Morgan fingerprint density at radius 3 is 2.31 bits per heavy atom. The van der Waals surface area contributed by atoms with Gasteiger partial charge in [0, 0.05) is 0 Å². The van der Waals surface area contributed by atoms with Gasteiger partial charge < -0.3 is 0 Å². The zero-order valence-electron chi connectivity index (χ0n) is 7.59. The molecule has 0 aliphatic carbocycles. The fraction of sp³-hybridized carbons (Fsp3) is 0.250. The van der Waals surface area contributed by atoms with Crippen molar-refractivity contribution in [3.05, 3.63) is 29.6 Å². The van der Waals surface area contributed by atoms with Gasteiger partial charge in [-0.3, -0.25) is 10.7 Å². The number of nitrogens with one attached hydrogen (secondary N) is 1. The number of anilines is 1. The van der Waals surface area contributed by atoms with E-state index < -0.39 is 23.2 Å². The molecule has 8 heteroatoms. The molecule has 4 nitrogen and oxygen atoms in total. The third-order valence-corrected chi connectivity index (χ3v) is 2.17. The molecular weight excluding hydrogens is 230 g/mol. The second-order valence-electron chi connectivity index (χ2n) is 3.18. The van der Waals surface area contributed by atoms with Gasteiger partial charge >= 0.3 is 11.8 Å². The summed E-state index contributed by atoms with van der Waals surface area (Å²) in [4.78, 5) is 0. The molecule has 1 aliphatic heterocycles. The molecule has 1 aromatic carbocycles. The van der Waals surface area contributed by atoms with E-state index in [1.54, 1.807) is 5.48 Å². The van der Waals surface area contributed by atoms with Crippen LogP contribution >= 0.6 is 0 Å². The van der Waals surface area contributed by atoms with E-state index in [2.05, 4.69) is 10.2 Å². The fourth-order valence-corrected chi connectivity index (χ4v) is 1.29. The lowest BCUT2D eigenvalue weighted by atomic mass is 10.0. The predicted octanol–water partition coefficient (Wildman–Crippen LogP) is 2.81. The van der Waals surface area contributed by atoms with Gasteiger partial charge in [-0.1, -0.05) is 0 Å². The number of benzene rings is 1. The van der Waals surface area contributed by atoms with Gasteiger partial charge in [0.25, 0.3) is 0 Å². The minimum Gasteiger partial charge on any atom is -0.291 e. The quantitative estimate of drug-likeness (QED) is 0.611. The molecule has 0 aromatic heterocycles. The van der Waals surface area contributed by atoms with Crippen LogP contribution < -0.4 is 5.48 Å². The third kappa shape index (κ3) is 1.42. The molecule has 86 valence electrons. The fourth-order valence-electron chi connectivity index (χ4n) is 1.29. The summed E-state index contributed by atoms with van der Waals surface area (Å²) in [6, 6.07) is 2.69. The Morgan fingerprint density at radius 2 is 1.88 bits per heavy atom. The van der Waals surface area contributed by atoms with Gasteiger partial charge in [0.2, 0.25) is 0 Å². The number of nitrogens with zero attached hydrogens (tertiary/aromatic N) is 2. The molecule has 0 atom stereocenters. The van der Waals surface area contributed by atoms with E-state index in [9.17, 15) is 17.6 Å². The van der Waals surface area contributed by atoms with Gasteiger partial charge in [-0.2, -0.15) is 13.2 Å². The molecule has 0 amide bonds. The lowest BCUT2D eigenvalue weighted by Gasteiger charge is -2.16. The van der Waals surface area contributed by atoms with E-state index in [1.807, 2.05) is 0 Å². The maximum atomic E-state index is 13.2. The molecule has 2 rings (SSSR count). The first-order valence-electron chi connectivity index (χ1n) is 4.11. The van der Waals surface area contributed by atoms with Crippen molar-refractivity contribution in [1.82, 2.24) is 0 Å². The first-order chi connectivity index (χ1) is 7.40. The van der Waals surface area contributed by atoms with Gasteiger partial charge in [0.15, 0.2) is 0 Å². The number of hydrogen-bond donors (Lipinski definition) is 2. The predicted molar refractivity (Wildman–Crippen MR) is 44.4 cm³/mol. The van der Waals surface area contributed by atoms with Crippen molar-refractivity contribution in [3.8, 4) is 0 Å². The first-order valence-corrected chi connectivity index (χ1v) is 4.11. The molecule has 0 saturated carbocycles. The SMILES string of the molecule is ONc1ccc(F)c(C2(C(F)(F)F)N=N2)c1. The van der Waals surface area contributed by atoms with E-state index in [0.29, 0.717) is 0 Å².